The summed E-state index contributed by atoms with van der Waals surface area (Å²) in [5, 5.41) is 0. The fourth-order valence-electron chi connectivity index (χ4n) is 3.06. The van der Waals surface area contributed by atoms with Gasteiger partial charge in [0.05, 0.1) is 12.0 Å². The van der Waals surface area contributed by atoms with Gasteiger partial charge in [-0.15, -0.1) is 0 Å². The molecule has 2 aromatic carbocycles. The van der Waals surface area contributed by atoms with Gasteiger partial charge in [-0.05, 0) is 24.3 Å². The number of hydrogen-bond acceptors (Lipinski definition) is 5. The van der Waals surface area contributed by atoms with Gasteiger partial charge in [0, 0.05) is 51.0 Å². The van der Waals surface area contributed by atoms with Crippen molar-refractivity contribution in [2.45, 2.75) is 4.90 Å². The Kier molecular flexibility index (Phi) is 6.13. The molecule has 26 heavy (non-hydrogen) atoms. The first kappa shape index (κ1) is 18.7. The molecule has 0 aliphatic carbocycles. The van der Waals surface area contributed by atoms with Crippen molar-refractivity contribution < 1.29 is 13.2 Å². The molecule has 3 rings (SSSR count). The lowest BCUT2D eigenvalue weighted by Gasteiger charge is -2.36. The number of benzene rings is 2. The van der Waals surface area contributed by atoms with Crippen LogP contribution in [0.25, 0.3) is 0 Å². The Hall–Kier alpha value is -2.09. The first-order valence-corrected chi connectivity index (χ1v) is 10.2. The number of piperazine rings is 1. The third kappa shape index (κ3) is 4.75. The van der Waals surface area contributed by atoms with Crippen LogP contribution in [-0.4, -0.2) is 59.7 Å². The Morgan fingerprint density at radius 2 is 1.73 bits per heavy atom. The Morgan fingerprint density at radius 1 is 1.00 bits per heavy atom. The SMILES string of the molecule is COc1cccc(S(=O)(=O)NCCN2CCN(c3ccccc3)CC2)c1. The van der Waals surface area contributed by atoms with Gasteiger partial charge in [0.2, 0.25) is 10.0 Å². The highest BCUT2D eigenvalue weighted by Crippen LogP contribution is 2.17. The van der Waals surface area contributed by atoms with Crippen molar-refractivity contribution >= 4 is 15.7 Å². The summed E-state index contributed by atoms with van der Waals surface area (Å²) in [6.07, 6.45) is 0. The van der Waals surface area contributed by atoms with Crippen molar-refractivity contribution in [2.24, 2.45) is 0 Å². The molecule has 1 saturated heterocycles. The van der Waals surface area contributed by atoms with Gasteiger partial charge < -0.3 is 9.64 Å². The molecule has 2 aromatic rings. The number of methoxy groups -OCH3 is 1. The van der Waals surface area contributed by atoms with Crippen LogP contribution in [0.3, 0.4) is 0 Å². The van der Waals surface area contributed by atoms with E-state index in [0.717, 1.165) is 26.2 Å². The number of nitrogens with one attached hydrogen (secondary N) is 1. The second-order valence-corrected chi connectivity index (χ2v) is 8.01. The smallest absolute Gasteiger partial charge is 0.240 e. The van der Waals surface area contributed by atoms with Crippen molar-refractivity contribution in [3.63, 3.8) is 0 Å². The van der Waals surface area contributed by atoms with E-state index < -0.39 is 10.0 Å². The maximum atomic E-state index is 12.4. The number of anilines is 1. The third-order valence-electron chi connectivity index (χ3n) is 4.57. The molecule has 0 atom stereocenters. The maximum Gasteiger partial charge on any atom is 0.240 e. The number of rotatable bonds is 7. The summed E-state index contributed by atoms with van der Waals surface area (Å²) in [5.41, 5.74) is 1.24. The normalized spacial score (nSPS) is 15.8. The van der Waals surface area contributed by atoms with Gasteiger partial charge in [-0.25, -0.2) is 13.1 Å². The van der Waals surface area contributed by atoms with Crippen LogP contribution in [0.5, 0.6) is 5.75 Å². The number of hydrogen-bond donors (Lipinski definition) is 1. The summed E-state index contributed by atoms with van der Waals surface area (Å²) in [6, 6.07) is 16.9. The first-order chi connectivity index (χ1) is 12.6. The fraction of sp³-hybridized carbons (Fsp3) is 0.368. The van der Waals surface area contributed by atoms with E-state index in [1.807, 2.05) is 6.07 Å². The lowest BCUT2D eigenvalue weighted by atomic mass is 10.2. The van der Waals surface area contributed by atoms with Crippen LogP contribution in [-0.2, 0) is 10.0 Å². The van der Waals surface area contributed by atoms with Gasteiger partial charge in [-0.1, -0.05) is 24.3 Å². The third-order valence-corrected chi connectivity index (χ3v) is 6.02. The van der Waals surface area contributed by atoms with Crippen LogP contribution >= 0.6 is 0 Å². The van der Waals surface area contributed by atoms with Crippen LogP contribution < -0.4 is 14.4 Å². The lowest BCUT2D eigenvalue weighted by Crippen LogP contribution is -2.48. The maximum absolute atomic E-state index is 12.4. The molecule has 0 saturated carbocycles. The zero-order valence-electron chi connectivity index (χ0n) is 15.0. The van der Waals surface area contributed by atoms with E-state index in [1.54, 1.807) is 18.2 Å². The summed E-state index contributed by atoms with van der Waals surface area (Å²) in [5.74, 6) is 0.532. The Balaban J connectivity index is 1.46. The van der Waals surface area contributed by atoms with Crippen molar-refractivity contribution in [3.05, 3.63) is 54.6 Å². The Labute approximate surface area is 155 Å². The van der Waals surface area contributed by atoms with Gasteiger partial charge >= 0.3 is 0 Å². The summed E-state index contributed by atoms with van der Waals surface area (Å²) in [4.78, 5) is 4.87. The van der Waals surface area contributed by atoms with Gasteiger partial charge in [0.15, 0.2) is 0 Å². The molecule has 1 aliphatic rings. The molecule has 1 N–H and O–H groups in total. The predicted molar refractivity (Wildman–Crippen MR) is 103 cm³/mol. The van der Waals surface area contributed by atoms with Crippen LogP contribution in [0, 0.1) is 0 Å². The van der Waals surface area contributed by atoms with Crippen LogP contribution in [0.15, 0.2) is 59.5 Å². The summed E-state index contributed by atoms with van der Waals surface area (Å²) in [7, 11) is -1.99. The van der Waals surface area contributed by atoms with Crippen molar-refractivity contribution in [1.29, 1.82) is 0 Å². The minimum Gasteiger partial charge on any atom is -0.497 e. The molecule has 0 aromatic heterocycles. The first-order valence-electron chi connectivity index (χ1n) is 8.74. The molecule has 0 bridgehead atoms. The monoisotopic (exact) mass is 375 g/mol. The highest BCUT2D eigenvalue weighted by molar-refractivity contribution is 7.89. The average Bonchev–Trinajstić information content (AvgIpc) is 2.69. The largest absolute Gasteiger partial charge is 0.497 e. The summed E-state index contributed by atoms with van der Waals surface area (Å²) >= 11 is 0. The zero-order valence-corrected chi connectivity index (χ0v) is 15.8. The molecule has 1 fully saturated rings. The minimum atomic E-state index is -3.51. The Bertz CT molecular complexity index is 804. The highest BCUT2D eigenvalue weighted by atomic mass is 32.2. The second kappa shape index (κ2) is 8.53. The van der Waals surface area contributed by atoms with E-state index in [-0.39, 0.29) is 4.90 Å². The minimum absolute atomic E-state index is 0.228. The Morgan fingerprint density at radius 3 is 2.42 bits per heavy atom. The molecule has 7 heteroatoms. The van der Waals surface area contributed by atoms with Crippen LogP contribution in [0.4, 0.5) is 5.69 Å². The number of sulfonamides is 1. The van der Waals surface area contributed by atoms with Gasteiger partial charge in [0.1, 0.15) is 5.75 Å². The van der Waals surface area contributed by atoms with Crippen LogP contribution in [0.1, 0.15) is 0 Å². The van der Waals surface area contributed by atoms with Crippen molar-refractivity contribution in [1.82, 2.24) is 9.62 Å². The molecule has 0 spiro atoms. The molecular formula is C19H25N3O3S. The summed E-state index contributed by atoms with van der Waals surface area (Å²) in [6.45, 7) is 4.85. The van der Waals surface area contributed by atoms with E-state index in [4.69, 9.17) is 4.74 Å². The van der Waals surface area contributed by atoms with Crippen molar-refractivity contribution in [2.75, 3.05) is 51.3 Å². The van der Waals surface area contributed by atoms with E-state index >= 15 is 0 Å². The molecule has 6 nitrogen and oxygen atoms in total. The van der Waals surface area contributed by atoms with Gasteiger partial charge in [-0.3, -0.25) is 4.90 Å². The number of nitrogens with zero attached hydrogens (tertiary/aromatic N) is 2. The van der Waals surface area contributed by atoms with E-state index in [9.17, 15) is 8.42 Å². The topological polar surface area (TPSA) is 61.9 Å². The second-order valence-electron chi connectivity index (χ2n) is 6.24. The molecule has 0 radical (unpaired) electrons. The average molecular weight is 375 g/mol. The summed E-state index contributed by atoms with van der Waals surface area (Å²) < 4.78 is 32.5. The van der Waals surface area contributed by atoms with Crippen LogP contribution in [0.2, 0.25) is 0 Å². The van der Waals surface area contributed by atoms with Gasteiger partial charge in [0.25, 0.3) is 0 Å². The molecule has 0 unspecified atom stereocenters. The number of para-hydroxylation sites is 1. The highest BCUT2D eigenvalue weighted by Gasteiger charge is 2.18. The molecule has 1 heterocycles. The fourth-order valence-corrected chi connectivity index (χ4v) is 4.11. The molecular weight excluding hydrogens is 350 g/mol. The number of ether oxygens (including phenoxy) is 1. The van der Waals surface area contributed by atoms with E-state index in [1.165, 1.54) is 18.9 Å². The molecule has 0 amide bonds. The molecule has 1 aliphatic heterocycles. The predicted octanol–water partition coefficient (Wildman–Crippen LogP) is 1.80. The van der Waals surface area contributed by atoms with E-state index in [0.29, 0.717) is 18.8 Å². The molecule has 140 valence electrons. The van der Waals surface area contributed by atoms with E-state index in [2.05, 4.69) is 38.8 Å². The van der Waals surface area contributed by atoms with Gasteiger partial charge in [-0.2, -0.15) is 0 Å². The van der Waals surface area contributed by atoms with Crippen molar-refractivity contribution in [3.8, 4) is 5.75 Å². The lowest BCUT2D eigenvalue weighted by molar-refractivity contribution is 0.262. The standard InChI is InChI=1S/C19H25N3O3S/c1-25-18-8-5-9-19(16-18)26(23,24)20-10-11-21-12-14-22(15-13-21)17-6-3-2-4-7-17/h2-9,16,20H,10-15H2,1H3. The quantitative estimate of drug-likeness (QED) is 0.800. The zero-order chi connectivity index (χ0) is 18.4.